The van der Waals surface area contributed by atoms with Crippen LogP contribution in [0.15, 0.2) is 67.0 Å². The van der Waals surface area contributed by atoms with Gasteiger partial charge in [-0.15, -0.1) is 0 Å². The molecule has 7 nitrogen and oxygen atoms in total. The van der Waals surface area contributed by atoms with E-state index >= 15 is 0 Å². The highest BCUT2D eigenvalue weighted by Gasteiger charge is 2.17. The molecule has 7 heteroatoms. The van der Waals surface area contributed by atoms with Crippen LogP contribution in [-0.2, 0) is 11.3 Å². The molecule has 30 heavy (non-hydrogen) atoms. The van der Waals surface area contributed by atoms with Crippen LogP contribution in [-0.4, -0.2) is 41.4 Å². The first kappa shape index (κ1) is 19.8. The molecule has 0 spiro atoms. The molecule has 2 aromatic carbocycles. The van der Waals surface area contributed by atoms with Gasteiger partial charge in [0.25, 0.3) is 11.8 Å². The van der Waals surface area contributed by atoms with Crippen molar-refractivity contribution in [1.29, 1.82) is 0 Å². The zero-order valence-electron chi connectivity index (χ0n) is 16.8. The van der Waals surface area contributed by atoms with Gasteiger partial charge in [-0.3, -0.25) is 14.3 Å². The van der Waals surface area contributed by atoms with E-state index in [1.165, 1.54) is 0 Å². The first-order valence-electron chi connectivity index (χ1n) is 9.99. The summed E-state index contributed by atoms with van der Waals surface area (Å²) in [6, 6.07) is 16.1. The molecular formula is C23H24N4O3. The largest absolute Gasteiger partial charge is 0.376 e. The molecule has 2 heterocycles. The highest BCUT2D eigenvalue weighted by Crippen LogP contribution is 2.17. The molecule has 1 fully saturated rings. The molecule has 1 aromatic heterocycles. The van der Waals surface area contributed by atoms with Crippen LogP contribution >= 0.6 is 0 Å². The number of carbonyl (C=O) groups is 2. The number of para-hydroxylation sites is 1. The van der Waals surface area contributed by atoms with Crippen LogP contribution in [0.5, 0.6) is 0 Å². The third-order valence-corrected chi connectivity index (χ3v) is 5.15. The number of ether oxygens (including phenoxy) is 1. The molecule has 2 amide bonds. The lowest BCUT2D eigenvalue weighted by atomic mass is 10.1. The number of benzene rings is 2. The van der Waals surface area contributed by atoms with Crippen molar-refractivity contribution in [3.63, 3.8) is 0 Å². The zero-order valence-corrected chi connectivity index (χ0v) is 16.8. The molecule has 1 atom stereocenters. The fraction of sp³-hybridized carbons (Fsp3) is 0.261. The first-order valence-corrected chi connectivity index (χ1v) is 9.99. The maximum Gasteiger partial charge on any atom is 0.258 e. The van der Waals surface area contributed by atoms with E-state index in [2.05, 4.69) is 10.4 Å². The average Bonchev–Trinajstić information content (AvgIpc) is 3.46. The average molecular weight is 404 g/mol. The Morgan fingerprint density at radius 2 is 1.87 bits per heavy atom. The molecule has 1 saturated heterocycles. The second-order valence-corrected chi connectivity index (χ2v) is 7.32. The molecule has 1 unspecified atom stereocenters. The van der Waals surface area contributed by atoms with E-state index in [1.807, 2.05) is 30.3 Å². The number of nitrogens with zero attached hydrogens (tertiary/aromatic N) is 3. The maximum atomic E-state index is 12.7. The summed E-state index contributed by atoms with van der Waals surface area (Å²) in [5, 5.41) is 7.13. The van der Waals surface area contributed by atoms with Gasteiger partial charge in [-0.2, -0.15) is 5.10 Å². The Balaban J connectivity index is 1.37. The summed E-state index contributed by atoms with van der Waals surface area (Å²) < 4.78 is 7.40. The predicted octanol–water partition coefficient (Wildman–Crippen LogP) is 3.59. The summed E-state index contributed by atoms with van der Waals surface area (Å²) in [7, 11) is 1.73. The van der Waals surface area contributed by atoms with E-state index < -0.39 is 0 Å². The molecule has 1 N–H and O–H groups in total. The van der Waals surface area contributed by atoms with Crippen LogP contribution in [0.25, 0.3) is 0 Å². The minimum atomic E-state index is -0.248. The van der Waals surface area contributed by atoms with Crippen molar-refractivity contribution in [3.8, 4) is 0 Å². The van der Waals surface area contributed by atoms with Gasteiger partial charge in [-0.1, -0.05) is 18.2 Å². The molecule has 1 aliphatic heterocycles. The van der Waals surface area contributed by atoms with E-state index in [0.717, 1.165) is 25.1 Å². The van der Waals surface area contributed by atoms with E-state index in [-0.39, 0.29) is 17.9 Å². The van der Waals surface area contributed by atoms with Crippen LogP contribution < -0.4 is 10.2 Å². The topological polar surface area (TPSA) is 76.5 Å². The summed E-state index contributed by atoms with van der Waals surface area (Å²) in [4.78, 5) is 26.8. The smallest absolute Gasteiger partial charge is 0.258 e. The highest BCUT2D eigenvalue weighted by molar-refractivity contribution is 6.07. The number of nitrogens with one attached hydrogen (secondary N) is 1. The molecule has 0 radical (unpaired) electrons. The van der Waals surface area contributed by atoms with Crippen molar-refractivity contribution in [1.82, 2.24) is 9.78 Å². The van der Waals surface area contributed by atoms with Crippen LogP contribution in [0.1, 0.15) is 33.6 Å². The number of hydrogen-bond acceptors (Lipinski definition) is 4. The predicted molar refractivity (Wildman–Crippen MR) is 115 cm³/mol. The monoisotopic (exact) mass is 404 g/mol. The standard InChI is InChI=1S/C23H24N4O3/c1-26(20-6-3-2-4-7-20)23(29)18-11-9-17(10-12-18)22(28)25-19-14-24-27(15-19)16-21-8-5-13-30-21/h2-4,6-7,9-12,14-15,21H,5,8,13,16H2,1H3,(H,25,28). The Kier molecular flexibility index (Phi) is 5.90. The second-order valence-electron chi connectivity index (χ2n) is 7.32. The maximum absolute atomic E-state index is 12.7. The van der Waals surface area contributed by atoms with Crippen molar-refractivity contribution in [2.24, 2.45) is 0 Å². The van der Waals surface area contributed by atoms with Gasteiger partial charge in [0.2, 0.25) is 0 Å². The van der Waals surface area contributed by atoms with Gasteiger partial charge < -0.3 is 15.0 Å². The van der Waals surface area contributed by atoms with Gasteiger partial charge in [0, 0.05) is 36.7 Å². The Hall–Kier alpha value is -3.45. The Morgan fingerprint density at radius 1 is 1.13 bits per heavy atom. The molecule has 154 valence electrons. The van der Waals surface area contributed by atoms with Crippen molar-refractivity contribution in [2.75, 3.05) is 23.9 Å². The number of rotatable bonds is 6. The van der Waals surface area contributed by atoms with E-state index in [9.17, 15) is 9.59 Å². The summed E-state index contributed by atoms with van der Waals surface area (Å²) in [6.07, 6.45) is 5.72. The van der Waals surface area contributed by atoms with Crippen molar-refractivity contribution < 1.29 is 14.3 Å². The quantitative estimate of drug-likeness (QED) is 0.681. The van der Waals surface area contributed by atoms with Crippen molar-refractivity contribution >= 4 is 23.2 Å². The SMILES string of the molecule is CN(C(=O)c1ccc(C(=O)Nc2cnn(CC3CCCO3)c2)cc1)c1ccccc1. The fourth-order valence-corrected chi connectivity index (χ4v) is 3.45. The minimum Gasteiger partial charge on any atom is -0.376 e. The number of carbonyl (C=O) groups excluding carboxylic acids is 2. The minimum absolute atomic E-state index is 0.136. The Bertz CT molecular complexity index is 1010. The second kappa shape index (κ2) is 8.92. The van der Waals surface area contributed by atoms with Gasteiger partial charge in [-0.05, 0) is 49.2 Å². The molecule has 4 rings (SSSR count). The summed E-state index contributed by atoms with van der Waals surface area (Å²) >= 11 is 0. The summed E-state index contributed by atoms with van der Waals surface area (Å²) in [5.41, 5.74) is 2.43. The zero-order chi connectivity index (χ0) is 20.9. The van der Waals surface area contributed by atoms with Crippen LogP contribution in [0.3, 0.4) is 0 Å². The summed E-state index contributed by atoms with van der Waals surface area (Å²) in [5.74, 6) is -0.384. The van der Waals surface area contributed by atoms with Crippen molar-refractivity contribution in [3.05, 3.63) is 78.1 Å². The van der Waals surface area contributed by atoms with Crippen molar-refractivity contribution in [2.45, 2.75) is 25.5 Å². The normalized spacial score (nSPS) is 15.7. The van der Waals surface area contributed by atoms with Gasteiger partial charge in [-0.25, -0.2) is 0 Å². The third-order valence-electron chi connectivity index (χ3n) is 5.15. The van der Waals surface area contributed by atoms with E-state index in [1.54, 1.807) is 53.3 Å². The number of amides is 2. The van der Waals surface area contributed by atoms with E-state index in [4.69, 9.17) is 4.74 Å². The lowest BCUT2D eigenvalue weighted by Gasteiger charge is -2.17. The van der Waals surface area contributed by atoms with Gasteiger partial charge >= 0.3 is 0 Å². The molecule has 0 aliphatic carbocycles. The van der Waals surface area contributed by atoms with Crippen LogP contribution in [0.4, 0.5) is 11.4 Å². The lowest BCUT2D eigenvalue weighted by Crippen LogP contribution is -2.26. The van der Waals surface area contributed by atoms with Gasteiger partial charge in [0.15, 0.2) is 0 Å². The number of anilines is 2. The van der Waals surface area contributed by atoms with E-state index in [0.29, 0.717) is 23.4 Å². The highest BCUT2D eigenvalue weighted by atomic mass is 16.5. The molecule has 0 bridgehead atoms. The molecule has 1 aliphatic rings. The first-order chi connectivity index (χ1) is 14.6. The number of hydrogen-bond donors (Lipinski definition) is 1. The Morgan fingerprint density at radius 3 is 2.57 bits per heavy atom. The fourth-order valence-electron chi connectivity index (χ4n) is 3.45. The number of aromatic nitrogens is 2. The molecule has 3 aromatic rings. The lowest BCUT2D eigenvalue weighted by molar-refractivity contribution is 0.0940. The van der Waals surface area contributed by atoms with Gasteiger partial charge in [0.05, 0.1) is 24.5 Å². The van der Waals surface area contributed by atoms with Crippen LogP contribution in [0, 0.1) is 0 Å². The molecule has 0 saturated carbocycles. The third kappa shape index (κ3) is 4.58. The van der Waals surface area contributed by atoms with Crippen LogP contribution in [0.2, 0.25) is 0 Å². The molecular weight excluding hydrogens is 380 g/mol. The summed E-state index contributed by atoms with van der Waals surface area (Å²) in [6.45, 7) is 1.48. The van der Waals surface area contributed by atoms with Gasteiger partial charge in [0.1, 0.15) is 0 Å². The Labute approximate surface area is 175 Å².